The molecule has 5 heteroatoms. The van der Waals surface area contributed by atoms with E-state index in [4.69, 9.17) is 5.21 Å². The molecule has 1 saturated heterocycles. The molecule has 0 aliphatic carbocycles. The monoisotopic (exact) mass is 207 g/mol. The number of rotatable bonds is 2. The number of nitrogens with one attached hydrogen (secondary N) is 1. The molecule has 1 aromatic rings. The molecule has 0 radical (unpaired) electrons. The summed E-state index contributed by atoms with van der Waals surface area (Å²) in [5.41, 5.74) is 2.81. The summed E-state index contributed by atoms with van der Waals surface area (Å²) in [5, 5.41) is 8.42. The molecule has 0 bridgehead atoms. The summed E-state index contributed by atoms with van der Waals surface area (Å²) in [7, 11) is 0. The van der Waals surface area contributed by atoms with E-state index in [0.29, 0.717) is 0 Å². The van der Waals surface area contributed by atoms with Crippen molar-refractivity contribution in [3.63, 3.8) is 0 Å². The van der Waals surface area contributed by atoms with Crippen molar-refractivity contribution in [1.82, 2.24) is 10.5 Å². The Balaban J connectivity index is 2.12. The maximum Gasteiger partial charge on any atom is 0.293 e. The van der Waals surface area contributed by atoms with Gasteiger partial charge in [-0.1, -0.05) is 0 Å². The summed E-state index contributed by atoms with van der Waals surface area (Å²) < 4.78 is 0. The van der Waals surface area contributed by atoms with Gasteiger partial charge in [0.1, 0.15) is 5.69 Å². The van der Waals surface area contributed by atoms with Gasteiger partial charge in [0.25, 0.3) is 5.91 Å². The number of amides is 1. The number of carbonyl (C=O) groups excluding carboxylic acids is 1. The predicted molar refractivity (Wildman–Crippen MR) is 54.9 cm³/mol. The van der Waals surface area contributed by atoms with Gasteiger partial charge in [0, 0.05) is 13.1 Å². The molecule has 1 aliphatic heterocycles. The second-order valence-corrected chi connectivity index (χ2v) is 3.54. The fourth-order valence-electron chi connectivity index (χ4n) is 1.74. The van der Waals surface area contributed by atoms with E-state index < -0.39 is 5.91 Å². The minimum atomic E-state index is -0.581. The molecule has 1 amide bonds. The summed E-state index contributed by atoms with van der Waals surface area (Å²) in [5.74, 6) is -0.581. The average molecular weight is 207 g/mol. The van der Waals surface area contributed by atoms with Crippen LogP contribution < -0.4 is 10.4 Å². The predicted octanol–water partition coefficient (Wildman–Crippen LogP) is 0.801. The molecule has 15 heavy (non-hydrogen) atoms. The molecule has 0 saturated carbocycles. The highest BCUT2D eigenvalue weighted by atomic mass is 16.5. The van der Waals surface area contributed by atoms with Crippen molar-refractivity contribution in [2.45, 2.75) is 12.8 Å². The number of anilines is 1. The second kappa shape index (κ2) is 4.27. The highest BCUT2D eigenvalue weighted by Crippen LogP contribution is 2.18. The average Bonchev–Trinajstić information content (AvgIpc) is 2.82. The molecule has 5 nitrogen and oxygen atoms in total. The number of nitrogens with zero attached hydrogens (tertiary/aromatic N) is 2. The van der Waals surface area contributed by atoms with Crippen LogP contribution in [0.1, 0.15) is 23.3 Å². The van der Waals surface area contributed by atoms with E-state index in [1.54, 1.807) is 17.7 Å². The summed E-state index contributed by atoms with van der Waals surface area (Å²) in [6, 6.07) is 3.46. The van der Waals surface area contributed by atoms with E-state index in [0.717, 1.165) is 18.8 Å². The van der Waals surface area contributed by atoms with Gasteiger partial charge in [-0.25, -0.2) is 10.5 Å². The molecule has 0 atom stereocenters. The Bertz CT molecular complexity index is 344. The second-order valence-electron chi connectivity index (χ2n) is 3.54. The summed E-state index contributed by atoms with van der Waals surface area (Å²) in [4.78, 5) is 17.2. The van der Waals surface area contributed by atoms with Crippen LogP contribution in [0.4, 0.5) is 5.69 Å². The molecule has 0 aromatic carbocycles. The number of hydrogen-bond acceptors (Lipinski definition) is 4. The summed E-state index contributed by atoms with van der Waals surface area (Å²) in [6.45, 7) is 2.10. The molecule has 1 aromatic heterocycles. The van der Waals surface area contributed by atoms with Gasteiger partial charge in [-0.05, 0) is 25.0 Å². The van der Waals surface area contributed by atoms with Crippen molar-refractivity contribution in [2.75, 3.05) is 18.0 Å². The van der Waals surface area contributed by atoms with Crippen LogP contribution in [-0.4, -0.2) is 29.2 Å². The van der Waals surface area contributed by atoms with Crippen molar-refractivity contribution in [1.29, 1.82) is 0 Å². The van der Waals surface area contributed by atoms with E-state index in [1.807, 2.05) is 6.07 Å². The molecule has 1 fully saturated rings. The maximum atomic E-state index is 11.0. The molecular weight excluding hydrogens is 194 g/mol. The molecule has 80 valence electrons. The highest BCUT2D eigenvalue weighted by Gasteiger charge is 2.13. The minimum Gasteiger partial charge on any atom is -0.370 e. The topological polar surface area (TPSA) is 65.5 Å². The lowest BCUT2D eigenvalue weighted by molar-refractivity contribution is 0.0701. The van der Waals surface area contributed by atoms with Gasteiger partial charge in [-0.3, -0.25) is 10.0 Å². The third kappa shape index (κ3) is 2.07. The molecule has 2 heterocycles. The van der Waals surface area contributed by atoms with E-state index in [-0.39, 0.29) is 5.69 Å². The van der Waals surface area contributed by atoms with Crippen LogP contribution in [0.3, 0.4) is 0 Å². The lowest BCUT2D eigenvalue weighted by atomic mass is 10.3. The van der Waals surface area contributed by atoms with Gasteiger partial charge in [0.15, 0.2) is 0 Å². The fourth-order valence-corrected chi connectivity index (χ4v) is 1.74. The number of aromatic nitrogens is 1. The van der Waals surface area contributed by atoms with Crippen molar-refractivity contribution in [2.24, 2.45) is 0 Å². The Morgan fingerprint density at radius 2 is 2.13 bits per heavy atom. The zero-order valence-corrected chi connectivity index (χ0v) is 8.31. The summed E-state index contributed by atoms with van der Waals surface area (Å²) in [6.07, 6.45) is 4.08. The van der Waals surface area contributed by atoms with E-state index >= 15 is 0 Å². The van der Waals surface area contributed by atoms with Gasteiger partial charge >= 0.3 is 0 Å². The van der Waals surface area contributed by atoms with Crippen molar-refractivity contribution in [3.05, 3.63) is 24.0 Å². The van der Waals surface area contributed by atoms with Gasteiger partial charge in [0.05, 0.1) is 11.9 Å². The molecule has 2 rings (SSSR count). The zero-order chi connectivity index (χ0) is 10.7. The molecule has 0 unspecified atom stereocenters. The maximum absolute atomic E-state index is 11.0. The first-order valence-corrected chi connectivity index (χ1v) is 4.96. The Morgan fingerprint density at radius 3 is 2.67 bits per heavy atom. The first-order valence-electron chi connectivity index (χ1n) is 4.96. The molecule has 0 spiro atoms. The Morgan fingerprint density at radius 1 is 1.40 bits per heavy atom. The fraction of sp³-hybridized carbons (Fsp3) is 0.400. The smallest absolute Gasteiger partial charge is 0.293 e. The van der Waals surface area contributed by atoms with Crippen LogP contribution in [0.2, 0.25) is 0 Å². The highest BCUT2D eigenvalue weighted by molar-refractivity contribution is 5.91. The Hall–Kier alpha value is -1.62. The normalized spacial score (nSPS) is 15.4. The minimum absolute atomic E-state index is 0.223. The Kier molecular flexibility index (Phi) is 2.82. The van der Waals surface area contributed by atoms with Crippen molar-refractivity contribution >= 4 is 11.6 Å². The standard InChI is InChI=1S/C10H13N3O2/c14-10(12-15)9-4-3-8(7-11-9)13-5-1-2-6-13/h3-4,7,15H,1-2,5-6H2,(H,12,14). The number of carbonyl (C=O) groups is 1. The summed E-state index contributed by atoms with van der Waals surface area (Å²) >= 11 is 0. The third-order valence-electron chi connectivity index (χ3n) is 2.55. The van der Waals surface area contributed by atoms with Crippen LogP contribution in [-0.2, 0) is 0 Å². The van der Waals surface area contributed by atoms with Crippen LogP contribution in [0, 0.1) is 0 Å². The molecule has 1 aliphatic rings. The molecular formula is C10H13N3O2. The first kappa shape index (κ1) is 9.92. The van der Waals surface area contributed by atoms with E-state index in [2.05, 4.69) is 9.88 Å². The lowest BCUT2D eigenvalue weighted by Gasteiger charge is -2.16. The number of pyridine rings is 1. The van der Waals surface area contributed by atoms with Crippen molar-refractivity contribution in [3.8, 4) is 0 Å². The SMILES string of the molecule is O=C(NO)c1ccc(N2CCCC2)cn1. The van der Waals surface area contributed by atoms with Crippen molar-refractivity contribution < 1.29 is 10.0 Å². The van der Waals surface area contributed by atoms with Gasteiger partial charge in [-0.2, -0.15) is 0 Å². The lowest BCUT2D eigenvalue weighted by Crippen LogP contribution is -2.21. The number of hydroxylamine groups is 1. The van der Waals surface area contributed by atoms with E-state index in [9.17, 15) is 4.79 Å². The molecule has 2 N–H and O–H groups in total. The largest absolute Gasteiger partial charge is 0.370 e. The van der Waals surface area contributed by atoms with Crippen LogP contribution >= 0.6 is 0 Å². The quantitative estimate of drug-likeness (QED) is 0.556. The number of hydrogen-bond donors (Lipinski definition) is 2. The first-order chi connectivity index (χ1) is 7.31. The Labute approximate surface area is 87.7 Å². The van der Waals surface area contributed by atoms with Crippen LogP contribution in [0.15, 0.2) is 18.3 Å². The zero-order valence-electron chi connectivity index (χ0n) is 8.31. The van der Waals surface area contributed by atoms with Gasteiger partial charge in [-0.15, -0.1) is 0 Å². The van der Waals surface area contributed by atoms with Gasteiger partial charge < -0.3 is 4.90 Å². The van der Waals surface area contributed by atoms with Gasteiger partial charge in [0.2, 0.25) is 0 Å². The van der Waals surface area contributed by atoms with Crippen LogP contribution in [0.25, 0.3) is 0 Å². The third-order valence-corrected chi connectivity index (χ3v) is 2.55. The van der Waals surface area contributed by atoms with E-state index in [1.165, 1.54) is 12.8 Å². The van der Waals surface area contributed by atoms with Crippen LogP contribution in [0.5, 0.6) is 0 Å².